The van der Waals surface area contributed by atoms with E-state index < -0.39 is 0 Å². The molecule has 1 aromatic carbocycles. The molecule has 0 aliphatic rings. The number of nitrogens with two attached hydrogens (primary N) is 1. The molecule has 0 atom stereocenters. The van der Waals surface area contributed by atoms with Crippen molar-refractivity contribution in [2.24, 2.45) is 0 Å². The first-order chi connectivity index (χ1) is 10.2. The Labute approximate surface area is 132 Å². The van der Waals surface area contributed by atoms with Crippen LogP contribution in [0, 0.1) is 3.70 Å². The molecule has 21 heavy (non-hydrogen) atoms. The molecule has 0 amide bonds. The summed E-state index contributed by atoms with van der Waals surface area (Å²) in [4.78, 5) is 10.4. The molecule has 0 bridgehead atoms. The van der Waals surface area contributed by atoms with Gasteiger partial charge >= 0.3 is 5.95 Å². The van der Waals surface area contributed by atoms with Crippen LogP contribution in [0.5, 0.6) is 0 Å². The second kappa shape index (κ2) is 4.58. The number of H-pyrrole nitrogens is 3. The summed E-state index contributed by atoms with van der Waals surface area (Å²) in [5.41, 5.74) is 8.50. The van der Waals surface area contributed by atoms with Gasteiger partial charge in [0.1, 0.15) is 3.70 Å². The average molecular weight is 392 g/mol. The molecule has 3 heterocycles. The van der Waals surface area contributed by atoms with Gasteiger partial charge in [-0.05, 0) is 46.9 Å². The lowest BCUT2D eigenvalue weighted by Gasteiger charge is -2.04. The maximum absolute atomic E-state index is 5.79. The van der Waals surface area contributed by atoms with Crippen molar-refractivity contribution < 1.29 is 4.98 Å². The van der Waals surface area contributed by atoms with E-state index in [2.05, 4.69) is 53.1 Å². The third-order valence-corrected chi connectivity index (χ3v) is 4.08. The number of benzene rings is 1. The minimum absolute atomic E-state index is 0.353. The highest BCUT2D eigenvalue weighted by atomic mass is 127. The standard InChI is InChI=1S/C13H10IN7/c14-10-8-5-6(1-2-9(8)20-21-10)17-12-7-3-4-16-11(7)18-13(15)19-12/h1-5H,(H,20,21)(H4,15,16,17,18,19)/p+1. The molecule has 4 rings (SSSR count). The molecule has 104 valence electrons. The van der Waals surface area contributed by atoms with Gasteiger partial charge in [-0.15, -0.1) is 0 Å². The molecule has 6 N–H and O–H groups in total. The molecule has 0 aliphatic heterocycles. The summed E-state index contributed by atoms with van der Waals surface area (Å²) in [6, 6.07) is 7.91. The average Bonchev–Trinajstić information content (AvgIpc) is 3.06. The highest BCUT2D eigenvalue weighted by Gasteiger charge is 2.12. The van der Waals surface area contributed by atoms with Gasteiger partial charge in [0.15, 0.2) is 0 Å². The molecule has 8 heteroatoms. The number of hydrogen-bond acceptors (Lipinski definition) is 4. The lowest BCUT2D eigenvalue weighted by Crippen LogP contribution is -2.15. The van der Waals surface area contributed by atoms with Crippen LogP contribution in [0.15, 0.2) is 30.5 Å². The fraction of sp³-hybridized carbons (Fsp3) is 0. The van der Waals surface area contributed by atoms with Crippen LogP contribution in [-0.4, -0.2) is 20.2 Å². The van der Waals surface area contributed by atoms with Gasteiger partial charge in [-0.1, -0.05) is 4.98 Å². The molecule has 0 aliphatic carbocycles. The van der Waals surface area contributed by atoms with Gasteiger partial charge in [-0.25, -0.2) is 4.98 Å². The summed E-state index contributed by atoms with van der Waals surface area (Å²) in [6.07, 6.45) is 1.84. The largest absolute Gasteiger partial charge is 0.344 e. The van der Waals surface area contributed by atoms with Crippen molar-refractivity contribution in [1.82, 2.24) is 20.2 Å². The summed E-state index contributed by atoms with van der Waals surface area (Å²) in [5.74, 6) is 1.06. The number of nitrogens with one attached hydrogen (secondary N) is 4. The van der Waals surface area contributed by atoms with Gasteiger partial charge in [0, 0.05) is 17.3 Å². The van der Waals surface area contributed by atoms with E-state index in [9.17, 15) is 0 Å². The van der Waals surface area contributed by atoms with Crippen LogP contribution in [-0.2, 0) is 0 Å². The highest BCUT2D eigenvalue weighted by molar-refractivity contribution is 14.1. The van der Waals surface area contributed by atoms with Crippen LogP contribution in [0.3, 0.4) is 0 Å². The number of aromatic nitrogens is 5. The van der Waals surface area contributed by atoms with Crippen LogP contribution in [0.4, 0.5) is 17.5 Å². The Bertz CT molecular complexity index is 956. The van der Waals surface area contributed by atoms with Gasteiger partial charge < -0.3 is 11.1 Å². The minimum atomic E-state index is 0.353. The smallest absolute Gasteiger partial charge is 0.329 e. The second-order valence-corrected chi connectivity index (χ2v) is 5.71. The van der Waals surface area contributed by atoms with Crippen LogP contribution in [0.25, 0.3) is 21.9 Å². The second-order valence-electron chi connectivity index (χ2n) is 4.63. The first-order valence-electron chi connectivity index (χ1n) is 6.27. The number of aromatic amines is 3. The molecular weight excluding hydrogens is 381 g/mol. The lowest BCUT2D eigenvalue weighted by atomic mass is 10.2. The topological polar surface area (TPSA) is 110 Å². The fourth-order valence-electron chi connectivity index (χ4n) is 2.30. The molecule has 3 aromatic heterocycles. The van der Waals surface area contributed by atoms with Crippen molar-refractivity contribution in [3.05, 3.63) is 34.2 Å². The highest BCUT2D eigenvalue weighted by Crippen LogP contribution is 2.26. The Balaban J connectivity index is 1.82. The molecule has 0 radical (unpaired) electrons. The summed E-state index contributed by atoms with van der Waals surface area (Å²) >= 11 is 2.23. The Kier molecular flexibility index (Phi) is 2.70. The number of rotatable bonds is 2. The Morgan fingerprint density at radius 2 is 2.14 bits per heavy atom. The zero-order valence-corrected chi connectivity index (χ0v) is 12.9. The van der Waals surface area contributed by atoms with E-state index >= 15 is 0 Å². The van der Waals surface area contributed by atoms with Gasteiger partial charge in [-0.3, -0.25) is 10.1 Å². The maximum atomic E-state index is 5.79. The van der Waals surface area contributed by atoms with Crippen LogP contribution in [0.2, 0.25) is 0 Å². The first kappa shape index (κ1) is 12.4. The van der Waals surface area contributed by atoms with E-state index in [4.69, 9.17) is 5.73 Å². The number of halogens is 1. The molecule has 7 nitrogen and oxygen atoms in total. The molecule has 0 spiro atoms. The predicted molar refractivity (Wildman–Crippen MR) is 89.2 cm³/mol. The number of anilines is 3. The predicted octanol–water partition coefficient (Wildman–Crippen LogP) is 2.18. The SMILES string of the molecule is Nc1nc(Nc2ccc3n[nH]c(I)c3c2)c2cc[nH]c2[nH+]1. The Hall–Kier alpha value is -2.36. The Morgan fingerprint density at radius 3 is 3.05 bits per heavy atom. The normalized spacial score (nSPS) is 11.3. The van der Waals surface area contributed by atoms with E-state index in [-0.39, 0.29) is 0 Å². The van der Waals surface area contributed by atoms with Crippen molar-refractivity contribution in [2.75, 3.05) is 11.1 Å². The van der Waals surface area contributed by atoms with Crippen molar-refractivity contribution in [2.45, 2.75) is 0 Å². The van der Waals surface area contributed by atoms with Crippen molar-refractivity contribution in [3.8, 4) is 0 Å². The van der Waals surface area contributed by atoms with E-state index in [1.807, 2.05) is 30.5 Å². The molecular formula is C13H11IN7+. The number of fused-ring (bicyclic) bond motifs is 2. The van der Waals surface area contributed by atoms with Crippen LogP contribution in [0.1, 0.15) is 0 Å². The fourth-order valence-corrected chi connectivity index (χ4v) is 2.85. The first-order valence-corrected chi connectivity index (χ1v) is 7.35. The summed E-state index contributed by atoms with van der Waals surface area (Å²) in [6.45, 7) is 0. The third kappa shape index (κ3) is 2.07. The van der Waals surface area contributed by atoms with E-state index in [1.54, 1.807) is 0 Å². The van der Waals surface area contributed by atoms with Gasteiger partial charge in [0.05, 0.1) is 10.9 Å². The summed E-state index contributed by atoms with van der Waals surface area (Å²) in [5, 5.41) is 12.5. The van der Waals surface area contributed by atoms with Crippen LogP contribution >= 0.6 is 22.6 Å². The van der Waals surface area contributed by atoms with Gasteiger partial charge in [0.2, 0.25) is 11.5 Å². The van der Waals surface area contributed by atoms with E-state index in [0.717, 1.165) is 31.3 Å². The van der Waals surface area contributed by atoms with E-state index in [0.29, 0.717) is 11.8 Å². The number of nitrogen functional groups attached to an aromatic ring is 1. The molecule has 0 saturated carbocycles. The molecule has 4 aromatic rings. The molecule has 0 saturated heterocycles. The zero-order valence-electron chi connectivity index (χ0n) is 10.7. The van der Waals surface area contributed by atoms with Crippen LogP contribution < -0.4 is 16.0 Å². The number of hydrogen-bond donors (Lipinski definition) is 4. The van der Waals surface area contributed by atoms with Crippen molar-refractivity contribution in [1.29, 1.82) is 0 Å². The molecule has 0 fully saturated rings. The summed E-state index contributed by atoms with van der Waals surface area (Å²) in [7, 11) is 0. The van der Waals surface area contributed by atoms with E-state index in [1.165, 1.54) is 0 Å². The zero-order chi connectivity index (χ0) is 14.4. The lowest BCUT2D eigenvalue weighted by molar-refractivity contribution is -0.333. The van der Waals surface area contributed by atoms with Crippen molar-refractivity contribution >= 4 is 62.0 Å². The minimum Gasteiger partial charge on any atom is -0.329 e. The van der Waals surface area contributed by atoms with Gasteiger partial charge in [0.25, 0.3) is 0 Å². The van der Waals surface area contributed by atoms with Gasteiger partial charge in [-0.2, -0.15) is 5.10 Å². The third-order valence-electron chi connectivity index (χ3n) is 3.26. The number of nitrogens with zero attached hydrogens (tertiary/aromatic N) is 2. The maximum Gasteiger partial charge on any atom is 0.344 e. The Morgan fingerprint density at radius 1 is 1.24 bits per heavy atom. The van der Waals surface area contributed by atoms with Crippen molar-refractivity contribution in [3.63, 3.8) is 0 Å². The summed E-state index contributed by atoms with van der Waals surface area (Å²) < 4.78 is 1.01. The molecule has 0 unspecified atom stereocenters. The quantitative estimate of drug-likeness (QED) is 0.392. The monoisotopic (exact) mass is 392 g/mol.